The number of aliphatic hydroxyl groups is 7. The molecule has 0 bridgehead atoms. The summed E-state index contributed by atoms with van der Waals surface area (Å²) >= 11 is 0. The van der Waals surface area contributed by atoms with E-state index in [1.807, 2.05) is 0 Å². The molecule has 0 saturated carbocycles. The molecule has 7 N–H and O–H groups in total. The summed E-state index contributed by atoms with van der Waals surface area (Å²) in [6.07, 6.45) is -12.6. The average molecular weight is 312 g/mol. The van der Waals surface area contributed by atoms with E-state index in [9.17, 15) is 30.6 Å². The van der Waals surface area contributed by atoms with Crippen LogP contribution in [-0.2, 0) is 14.2 Å². The number of hydrogen-bond acceptors (Lipinski definition) is 10. The van der Waals surface area contributed by atoms with Crippen molar-refractivity contribution in [3.05, 3.63) is 0 Å². The van der Waals surface area contributed by atoms with E-state index in [1.165, 1.54) is 0 Å². The van der Waals surface area contributed by atoms with Gasteiger partial charge in [-0.05, 0) is 0 Å². The third-order valence-electron chi connectivity index (χ3n) is 3.61. The van der Waals surface area contributed by atoms with Crippen LogP contribution < -0.4 is 0 Å². The van der Waals surface area contributed by atoms with Gasteiger partial charge in [0.15, 0.2) is 12.6 Å². The van der Waals surface area contributed by atoms with Gasteiger partial charge in [-0.2, -0.15) is 0 Å². The Labute approximate surface area is 119 Å². The molecule has 9 atom stereocenters. The zero-order chi connectivity index (χ0) is 15.7. The van der Waals surface area contributed by atoms with Crippen molar-refractivity contribution in [3.63, 3.8) is 0 Å². The second-order valence-electron chi connectivity index (χ2n) is 5.08. The molecule has 2 aliphatic rings. The normalized spacial score (nSPS) is 51.3. The summed E-state index contributed by atoms with van der Waals surface area (Å²) < 4.78 is 15.1. The molecule has 2 fully saturated rings. The van der Waals surface area contributed by atoms with Crippen LogP contribution in [0, 0.1) is 0 Å². The summed E-state index contributed by atoms with van der Waals surface area (Å²) in [6.45, 7) is -0.890. The van der Waals surface area contributed by atoms with Crippen LogP contribution in [0.1, 0.15) is 0 Å². The van der Waals surface area contributed by atoms with E-state index in [1.54, 1.807) is 0 Å². The summed E-state index contributed by atoms with van der Waals surface area (Å²) in [6, 6.07) is 0. The summed E-state index contributed by atoms with van der Waals surface area (Å²) in [5.41, 5.74) is 0. The van der Waals surface area contributed by atoms with Crippen molar-refractivity contribution in [2.75, 3.05) is 13.2 Å². The Morgan fingerprint density at radius 1 is 0.714 bits per heavy atom. The fraction of sp³-hybridized carbons (Fsp3) is 1.00. The van der Waals surface area contributed by atoms with Crippen LogP contribution >= 0.6 is 0 Å². The highest BCUT2D eigenvalue weighted by Crippen LogP contribution is 2.24. The predicted octanol–water partition coefficient (Wildman–Crippen LogP) is -4.76. The van der Waals surface area contributed by atoms with Crippen molar-refractivity contribution in [1.29, 1.82) is 0 Å². The van der Waals surface area contributed by atoms with Gasteiger partial charge in [0, 0.05) is 0 Å². The number of aliphatic hydroxyl groups excluding tert-OH is 7. The Bertz CT molecular complexity index is 341. The first-order valence-corrected chi connectivity index (χ1v) is 6.48. The van der Waals surface area contributed by atoms with Crippen LogP contribution in [0.5, 0.6) is 0 Å². The molecule has 0 aliphatic carbocycles. The Morgan fingerprint density at radius 2 is 1.33 bits per heavy atom. The Hall–Kier alpha value is -0.400. The minimum atomic E-state index is -1.69. The van der Waals surface area contributed by atoms with Gasteiger partial charge in [0.25, 0.3) is 0 Å². The number of rotatable bonds is 4. The van der Waals surface area contributed by atoms with Crippen molar-refractivity contribution in [3.8, 4) is 0 Å². The number of hydrogen-bond donors (Lipinski definition) is 7. The van der Waals surface area contributed by atoms with Crippen molar-refractivity contribution in [2.45, 2.75) is 55.3 Å². The molecule has 0 unspecified atom stereocenters. The molecule has 2 heterocycles. The minimum absolute atomic E-state index is 0.380. The lowest BCUT2D eigenvalue weighted by atomic mass is 9.99. The maximum Gasteiger partial charge on any atom is 0.186 e. The zero-order valence-electron chi connectivity index (χ0n) is 11.0. The Kier molecular flexibility index (Phi) is 5.48. The molecule has 124 valence electrons. The molecule has 0 aromatic heterocycles. The molecular weight excluding hydrogens is 292 g/mol. The van der Waals surface area contributed by atoms with E-state index < -0.39 is 61.9 Å². The smallest absolute Gasteiger partial charge is 0.186 e. The van der Waals surface area contributed by atoms with Crippen molar-refractivity contribution in [1.82, 2.24) is 0 Å². The lowest BCUT2D eigenvalue weighted by Gasteiger charge is -2.38. The van der Waals surface area contributed by atoms with Gasteiger partial charge in [-0.3, -0.25) is 0 Å². The topological polar surface area (TPSA) is 169 Å². The maximum atomic E-state index is 9.70. The standard InChI is InChI=1S/C11H20O10/c12-1-3-5(13)9(17)11(21-3)19-2-4-6(14)7(15)8(16)10(18)20-4/h3-18H,1-2H2/t3-,4-,5-,6-,7+,8-,9+,10+,11-/m1/s1. The van der Waals surface area contributed by atoms with Crippen LogP contribution in [0.4, 0.5) is 0 Å². The highest BCUT2D eigenvalue weighted by atomic mass is 16.7. The molecular formula is C11H20O10. The first-order valence-electron chi connectivity index (χ1n) is 6.48. The molecule has 2 rings (SSSR count). The number of ether oxygens (including phenoxy) is 3. The quantitative estimate of drug-likeness (QED) is 0.267. The molecule has 2 saturated heterocycles. The van der Waals surface area contributed by atoms with Gasteiger partial charge in [-0.25, -0.2) is 0 Å². The van der Waals surface area contributed by atoms with Crippen LogP contribution in [0.25, 0.3) is 0 Å². The summed E-state index contributed by atoms with van der Waals surface area (Å²) in [4.78, 5) is 0. The van der Waals surface area contributed by atoms with E-state index in [0.717, 1.165) is 0 Å². The van der Waals surface area contributed by atoms with Gasteiger partial charge in [0.1, 0.15) is 42.7 Å². The third kappa shape index (κ3) is 3.35. The second-order valence-corrected chi connectivity index (χ2v) is 5.08. The molecule has 10 nitrogen and oxygen atoms in total. The highest BCUT2D eigenvalue weighted by molar-refractivity contribution is 4.90. The van der Waals surface area contributed by atoms with E-state index >= 15 is 0 Å². The van der Waals surface area contributed by atoms with Crippen molar-refractivity contribution < 1.29 is 50.0 Å². The van der Waals surface area contributed by atoms with Crippen molar-refractivity contribution in [2.24, 2.45) is 0 Å². The second kappa shape index (κ2) is 6.79. The molecule has 21 heavy (non-hydrogen) atoms. The van der Waals surface area contributed by atoms with Crippen LogP contribution in [0.3, 0.4) is 0 Å². The largest absolute Gasteiger partial charge is 0.394 e. The monoisotopic (exact) mass is 312 g/mol. The first-order chi connectivity index (χ1) is 9.86. The fourth-order valence-electron chi connectivity index (χ4n) is 2.26. The van der Waals surface area contributed by atoms with Gasteiger partial charge in [0.2, 0.25) is 0 Å². The molecule has 0 aromatic carbocycles. The lowest BCUT2D eigenvalue weighted by molar-refractivity contribution is -0.297. The lowest BCUT2D eigenvalue weighted by Crippen LogP contribution is -2.58. The van der Waals surface area contributed by atoms with E-state index in [2.05, 4.69) is 0 Å². The highest BCUT2D eigenvalue weighted by Gasteiger charge is 2.46. The summed E-state index contributed by atoms with van der Waals surface area (Å²) in [7, 11) is 0. The Morgan fingerprint density at radius 3 is 1.90 bits per heavy atom. The SMILES string of the molecule is OC[C@H]1O[C@@H](OC[C@H]2O[C@H](O)[C@H](O)[C@@H](O)[C@@H]2O)[C@@H](O)[C@@H]1O. The molecule has 0 aromatic rings. The predicted molar refractivity (Wildman–Crippen MR) is 62.6 cm³/mol. The fourth-order valence-corrected chi connectivity index (χ4v) is 2.26. The van der Waals surface area contributed by atoms with E-state index in [4.69, 9.17) is 19.3 Å². The zero-order valence-corrected chi connectivity index (χ0v) is 11.0. The van der Waals surface area contributed by atoms with Crippen LogP contribution in [0.15, 0.2) is 0 Å². The molecule has 0 amide bonds. The average Bonchev–Trinajstić information content (AvgIpc) is 2.75. The molecule has 10 heteroatoms. The molecule has 0 spiro atoms. The molecule has 0 radical (unpaired) electrons. The van der Waals surface area contributed by atoms with Gasteiger partial charge < -0.3 is 50.0 Å². The van der Waals surface area contributed by atoms with Gasteiger partial charge in [-0.15, -0.1) is 0 Å². The maximum absolute atomic E-state index is 9.70. The third-order valence-corrected chi connectivity index (χ3v) is 3.61. The molecule has 2 aliphatic heterocycles. The van der Waals surface area contributed by atoms with Gasteiger partial charge in [0.05, 0.1) is 13.2 Å². The first kappa shape index (κ1) is 17.0. The minimum Gasteiger partial charge on any atom is -0.394 e. The Balaban J connectivity index is 1.88. The van der Waals surface area contributed by atoms with Crippen molar-refractivity contribution >= 4 is 0 Å². The van der Waals surface area contributed by atoms with E-state index in [-0.39, 0.29) is 6.61 Å². The van der Waals surface area contributed by atoms with Crippen LogP contribution in [0.2, 0.25) is 0 Å². The van der Waals surface area contributed by atoms with E-state index in [0.29, 0.717) is 0 Å². The van der Waals surface area contributed by atoms with Crippen LogP contribution in [-0.4, -0.2) is 104 Å². The van der Waals surface area contributed by atoms with Gasteiger partial charge in [-0.1, -0.05) is 0 Å². The summed E-state index contributed by atoms with van der Waals surface area (Å²) in [5.74, 6) is 0. The van der Waals surface area contributed by atoms with Gasteiger partial charge >= 0.3 is 0 Å². The summed E-state index contributed by atoms with van der Waals surface area (Å²) in [5, 5.41) is 66.0.